The number of hydrogen-bond acceptors (Lipinski definition) is 0. The molecule has 0 aliphatic rings. The van der Waals surface area contributed by atoms with E-state index >= 15 is 0 Å². The average molecular weight is 247 g/mol. The normalized spacial score (nSPS) is 5.40. The minimum atomic E-state index is 0. The summed E-state index contributed by atoms with van der Waals surface area (Å²) in [5, 5.41) is 0. The van der Waals surface area contributed by atoms with Crippen LogP contribution in [0.3, 0.4) is 0 Å². The average Bonchev–Trinajstić information content (AvgIpc) is 1.70. The summed E-state index contributed by atoms with van der Waals surface area (Å²) in [7, 11) is 0. The van der Waals surface area contributed by atoms with Gasteiger partial charge in [0.25, 0.3) is 0 Å². The predicted octanol–water partition coefficient (Wildman–Crippen LogP) is 2.79. The zero-order valence-corrected chi connectivity index (χ0v) is 10.5. The second-order valence-corrected chi connectivity index (χ2v) is 1.06. The zero-order valence-electron chi connectivity index (χ0n) is 7.20. The third kappa shape index (κ3) is 934. The van der Waals surface area contributed by atoms with E-state index < -0.39 is 0 Å². The third-order valence-electron chi connectivity index (χ3n) is 0. The molecule has 0 fully saturated rings. The van der Waals surface area contributed by atoms with Crippen LogP contribution in [-0.4, -0.2) is 45.5 Å². The molecule has 4 heteroatoms. The van der Waals surface area contributed by atoms with Gasteiger partial charge in [0, 0.05) is 0 Å². The van der Waals surface area contributed by atoms with Gasteiger partial charge in [-0.3, -0.25) is 0 Å². The maximum atomic E-state index is 6.21. The standard InChI is InChI=1S/3C2H6N.In/c3*1-2-3;/h3*3H,2H2,1H3;/q3*-1;+3. The first kappa shape index (κ1) is 22.4. The summed E-state index contributed by atoms with van der Waals surface area (Å²) in [6, 6.07) is 0. The van der Waals surface area contributed by atoms with Crippen LogP contribution < -0.4 is 0 Å². The van der Waals surface area contributed by atoms with Gasteiger partial charge < -0.3 is 17.2 Å². The van der Waals surface area contributed by atoms with E-state index in [0.717, 1.165) is 0 Å². The van der Waals surface area contributed by atoms with Crippen molar-refractivity contribution < 1.29 is 0 Å². The van der Waals surface area contributed by atoms with E-state index in [0.29, 0.717) is 19.6 Å². The van der Waals surface area contributed by atoms with Crippen LogP contribution >= 0.6 is 0 Å². The monoisotopic (exact) mass is 247 g/mol. The molecule has 0 amide bonds. The van der Waals surface area contributed by atoms with Gasteiger partial charge in [-0.25, -0.2) is 0 Å². The van der Waals surface area contributed by atoms with Gasteiger partial charge in [0.1, 0.15) is 0 Å². The quantitative estimate of drug-likeness (QED) is 0.631. The molecule has 0 radical (unpaired) electrons. The van der Waals surface area contributed by atoms with Crippen molar-refractivity contribution in [2.24, 2.45) is 0 Å². The largest absolute Gasteiger partial charge is 3.00 e. The molecular formula is C6H18InN3. The molecule has 0 aliphatic carbocycles. The van der Waals surface area contributed by atoms with E-state index in [9.17, 15) is 0 Å². The summed E-state index contributed by atoms with van der Waals surface area (Å²) in [5.74, 6) is 0. The van der Waals surface area contributed by atoms with Crippen LogP contribution in [0.5, 0.6) is 0 Å². The third-order valence-corrected chi connectivity index (χ3v) is 0. The van der Waals surface area contributed by atoms with Crippen molar-refractivity contribution in [1.29, 1.82) is 0 Å². The molecule has 3 nitrogen and oxygen atoms in total. The molecule has 0 heterocycles. The number of nitrogens with one attached hydrogen (secondary N) is 3. The van der Waals surface area contributed by atoms with Crippen LogP contribution in [0.4, 0.5) is 0 Å². The van der Waals surface area contributed by atoms with Crippen molar-refractivity contribution in [1.82, 2.24) is 0 Å². The molecule has 0 saturated heterocycles. The summed E-state index contributed by atoms with van der Waals surface area (Å²) in [5.41, 5.74) is 18.6. The van der Waals surface area contributed by atoms with Gasteiger partial charge in [-0.1, -0.05) is 20.8 Å². The molecule has 0 bridgehead atoms. The Morgan fingerprint density at radius 2 is 0.700 bits per heavy atom. The van der Waals surface area contributed by atoms with Crippen LogP contribution in [0.15, 0.2) is 0 Å². The molecule has 0 aromatic carbocycles. The Morgan fingerprint density at radius 3 is 0.700 bits per heavy atom. The van der Waals surface area contributed by atoms with Crippen LogP contribution in [0.2, 0.25) is 0 Å². The maximum absolute atomic E-state index is 6.21. The molecule has 10 heavy (non-hydrogen) atoms. The van der Waals surface area contributed by atoms with Crippen molar-refractivity contribution in [3.05, 3.63) is 17.2 Å². The molecule has 0 atom stereocenters. The van der Waals surface area contributed by atoms with Crippen molar-refractivity contribution in [3.8, 4) is 0 Å². The first-order valence-electron chi connectivity index (χ1n) is 3.18. The minimum Gasteiger partial charge on any atom is -0.678 e. The molecule has 0 saturated carbocycles. The van der Waals surface area contributed by atoms with Crippen LogP contribution in [0.25, 0.3) is 17.2 Å². The fourth-order valence-corrected chi connectivity index (χ4v) is 0. The molecule has 60 valence electrons. The van der Waals surface area contributed by atoms with E-state index in [4.69, 9.17) is 17.2 Å². The summed E-state index contributed by atoms with van der Waals surface area (Å²) in [6.45, 7) is 6.88. The summed E-state index contributed by atoms with van der Waals surface area (Å²) in [4.78, 5) is 0. The SMILES string of the molecule is CC[NH-].CC[NH-].CC[NH-].[In+3]. The minimum absolute atomic E-state index is 0. The topological polar surface area (TPSA) is 71.4 Å². The van der Waals surface area contributed by atoms with Gasteiger partial charge in [-0.2, -0.15) is 19.6 Å². The van der Waals surface area contributed by atoms with Crippen LogP contribution in [0, 0.1) is 0 Å². The van der Waals surface area contributed by atoms with E-state index in [-0.39, 0.29) is 25.8 Å². The van der Waals surface area contributed by atoms with Gasteiger partial charge in [0.05, 0.1) is 0 Å². The molecule has 0 aliphatic heterocycles. The Bertz CT molecular complexity index is 17.7. The number of rotatable bonds is 0. The maximum Gasteiger partial charge on any atom is 3.00 e. The Hall–Kier alpha value is 0.750. The van der Waals surface area contributed by atoms with Crippen LogP contribution in [-0.2, 0) is 0 Å². The Morgan fingerprint density at radius 1 is 0.700 bits per heavy atom. The number of hydrogen-bond donors (Lipinski definition) is 0. The Kier molecular flexibility index (Phi) is 119. The molecule has 3 N–H and O–H groups in total. The summed E-state index contributed by atoms with van der Waals surface area (Å²) < 4.78 is 0. The second-order valence-electron chi connectivity index (χ2n) is 1.06. The van der Waals surface area contributed by atoms with Gasteiger partial charge in [0.2, 0.25) is 0 Å². The predicted molar refractivity (Wildman–Crippen MR) is 50.3 cm³/mol. The second kappa shape index (κ2) is 53.1. The Balaban J connectivity index is -0.0000000257. The van der Waals surface area contributed by atoms with Gasteiger partial charge in [0.15, 0.2) is 0 Å². The van der Waals surface area contributed by atoms with E-state index in [1.165, 1.54) is 0 Å². The van der Waals surface area contributed by atoms with E-state index in [2.05, 4.69) is 0 Å². The fourth-order valence-electron chi connectivity index (χ4n) is 0. The first-order chi connectivity index (χ1) is 4.24. The summed E-state index contributed by atoms with van der Waals surface area (Å²) in [6.07, 6.45) is 0. The van der Waals surface area contributed by atoms with Gasteiger partial charge in [-0.05, 0) is 0 Å². The van der Waals surface area contributed by atoms with E-state index in [1.807, 2.05) is 0 Å². The van der Waals surface area contributed by atoms with Crippen LogP contribution in [0.1, 0.15) is 20.8 Å². The molecular weight excluding hydrogens is 229 g/mol. The molecule has 0 unspecified atom stereocenters. The smallest absolute Gasteiger partial charge is 0.678 e. The molecule has 0 rings (SSSR count). The zero-order chi connectivity index (χ0) is 8.12. The van der Waals surface area contributed by atoms with Crippen molar-refractivity contribution in [2.75, 3.05) is 19.6 Å². The summed E-state index contributed by atoms with van der Waals surface area (Å²) >= 11 is 0. The Labute approximate surface area is 83.5 Å². The van der Waals surface area contributed by atoms with Gasteiger partial charge in [-0.15, -0.1) is 0 Å². The molecule has 0 spiro atoms. The molecule has 0 aromatic heterocycles. The van der Waals surface area contributed by atoms with Gasteiger partial charge >= 0.3 is 25.8 Å². The fraction of sp³-hybridized carbons (Fsp3) is 1.00. The first-order valence-corrected chi connectivity index (χ1v) is 3.18. The van der Waals surface area contributed by atoms with E-state index in [1.54, 1.807) is 20.8 Å². The molecule has 0 aromatic rings. The van der Waals surface area contributed by atoms with Crippen molar-refractivity contribution in [3.63, 3.8) is 0 Å². The van der Waals surface area contributed by atoms with Crippen molar-refractivity contribution in [2.45, 2.75) is 20.8 Å². The van der Waals surface area contributed by atoms with Crippen molar-refractivity contribution >= 4 is 25.8 Å².